The molecule has 2 heterocycles. The molecule has 2 N–H and O–H groups in total. The number of hydrogen-bond acceptors (Lipinski definition) is 0. The summed E-state index contributed by atoms with van der Waals surface area (Å²) in [5.74, 6) is 0.171. The second-order valence-corrected chi connectivity index (χ2v) is 6.45. The molecule has 0 aliphatic rings. The van der Waals surface area contributed by atoms with Crippen LogP contribution in [0.5, 0.6) is 0 Å². The lowest BCUT2D eigenvalue weighted by atomic mass is 9.88. The Morgan fingerprint density at radius 1 is 0.680 bits per heavy atom. The van der Waals surface area contributed by atoms with Gasteiger partial charge in [-0.05, 0) is 34.7 Å². The number of nitrogens with one attached hydrogen (secondary N) is 2. The Hall–Kier alpha value is -3.26. The van der Waals surface area contributed by atoms with Gasteiger partial charge < -0.3 is 9.97 Å². The van der Waals surface area contributed by atoms with E-state index in [1.165, 1.54) is 38.6 Å². The molecule has 0 aliphatic carbocycles. The fourth-order valence-corrected chi connectivity index (χ4v) is 3.76. The number of para-hydroxylation sites is 2. The molecule has 0 radical (unpaired) electrons. The summed E-state index contributed by atoms with van der Waals surface area (Å²) < 4.78 is 0. The molecule has 120 valence electrons. The third-order valence-corrected chi connectivity index (χ3v) is 4.93. The van der Waals surface area contributed by atoms with Crippen molar-refractivity contribution in [3.63, 3.8) is 0 Å². The van der Waals surface area contributed by atoms with Crippen LogP contribution in [-0.2, 0) is 0 Å². The van der Waals surface area contributed by atoms with E-state index in [-0.39, 0.29) is 5.92 Å². The minimum Gasteiger partial charge on any atom is -0.361 e. The van der Waals surface area contributed by atoms with Crippen molar-refractivity contribution in [3.8, 4) is 0 Å². The first-order valence-corrected chi connectivity index (χ1v) is 8.59. The molecule has 25 heavy (non-hydrogen) atoms. The van der Waals surface area contributed by atoms with E-state index in [2.05, 4.69) is 101 Å². The molecule has 2 heteroatoms. The van der Waals surface area contributed by atoms with Crippen LogP contribution in [0.15, 0.2) is 91.1 Å². The van der Waals surface area contributed by atoms with Crippen molar-refractivity contribution >= 4 is 21.8 Å². The number of benzene rings is 3. The maximum atomic E-state index is 3.63. The maximum absolute atomic E-state index is 3.63. The van der Waals surface area contributed by atoms with Crippen LogP contribution in [0.2, 0.25) is 0 Å². The molecule has 2 aromatic heterocycles. The molecule has 0 fully saturated rings. The largest absolute Gasteiger partial charge is 0.361 e. The molecule has 5 rings (SSSR count). The van der Waals surface area contributed by atoms with E-state index in [1.54, 1.807) is 0 Å². The fraction of sp³-hybridized carbons (Fsp3) is 0.0435. The van der Waals surface area contributed by atoms with Gasteiger partial charge in [0.25, 0.3) is 0 Å². The second kappa shape index (κ2) is 5.67. The molecule has 0 amide bonds. The topological polar surface area (TPSA) is 31.6 Å². The zero-order chi connectivity index (χ0) is 16.6. The van der Waals surface area contributed by atoms with Crippen molar-refractivity contribution in [2.45, 2.75) is 5.92 Å². The number of aromatic amines is 2. The van der Waals surface area contributed by atoms with Crippen LogP contribution in [0.3, 0.4) is 0 Å². The molecule has 0 saturated heterocycles. The normalized spacial score (nSPS) is 12.6. The lowest BCUT2D eigenvalue weighted by molar-refractivity contribution is 0.947. The summed E-state index contributed by atoms with van der Waals surface area (Å²) in [6.07, 6.45) is 2.15. The Labute approximate surface area is 146 Å². The van der Waals surface area contributed by atoms with E-state index in [1.807, 2.05) is 0 Å². The number of fused-ring (bicyclic) bond motifs is 2. The van der Waals surface area contributed by atoms with Gasteiger partial charge in [-0.25, -0.2) is 0 Å². The summed E-state index contributed by atoms with van der Waals surface area (Å²) in [6, 6.07) is 29.9. The SMILES string of the molecule is c1ccc(C(c2cc3ccccc3[nH]2)c2c[nH]c3ccccc23)cc1. The first-order valence-electron chi connectivity index (χ1n) is 8.59. The fourth-order valence-electron chi connectivity index (χ4n) is 3.76. The molecule has 2 nitrogen and oxygen atoms in total. The summed E-state index contributed by atoms with van der Waals surface area (Å²) >= 11 is 0. The van der Waals surface area contributed by atoms with E-state index in [9.17, 15) is 0 Å². The molecule has 0 spiro atoms. The van der Waals surface area contributed by atoms with E-state index in [0.717, 1.165) is 0 Å². The average molecular weight is 322 g/mol. The van der Waals surface area contributed by atoms with Crippen LogP contribution in [0.1, 0.15) is 22.7 Å². The van der Waals surface area contributed by atoms with Gasteiger partial charge in [0.05, 0.1) is 5.92 Å². The molecule has 1 unspecified atom stereocenters. The summed E-state index contributed by atoms with van der Waals surface area (Å²) in [6.45, 7) is 0. The Kier molecular flexibility index (Phi) is 3.20. The quantitative estimate of drug-likeness (QED) is 0.419. The summed E-state index contributed by atoms with van der Waals surface area (Å²) in [5, 5.41) is 2.52. The molecular formula is C23H18N2. The number of aromatic nitrogens is 2. The van der Waals surface area contributed by atoms with Gasteiger partial charge in [-0.2, -0.15) is 0 Å². The predicted molar refractivity (Wildman–Crippen MR) is 104 cm³/mol. The van der Waals surface area contributed by atoms with Gasteiger partial charge in [0.1, 0.15) is 0 Å². The third-order valence-electron chi connectivity index (χ3n) is 4.93. The van der Waals surface area contributed by atoms with Gasteiger partial charge in [0.2, 0.25) is 0 Å². The van der Waals surface area contributed by atoms with Crippen molar-refractivity contribution in [1.82, 2.24) is 9.97 Å². The Morgan fingerprint density at radius 2 is 1.40 bits per heavy atom. The highest BCUT2D eigenvalue weighted by molar-refractivity contribution is 5.86. The van der Waals surface area contributed by atoms with Crippen LogP contribution < -0.4 is 0 Å². The van der Waals surface area contributed by atoms with E-state index in [0.29, 0.717) is 0 Å². The molecule has 1 atom stereocenters. The minimum atomic E-state index is 0.171. The van der Waals surface area contributed by atoms with Gasteiger partial charge >= 0.3 is 0 Å². The standard InChI is InChI=1S/C23H18N2/c1-2-8-16(9-3-1)23(19-15-24-21-13-7-5-11-18(19)21)22-14-17-10-4-6-12-20(17)25-22/h1-15,23-25H. The minimum absolute atomic E-state index is 0.171. The molecule has 0 aliphatic heterocycles. The highest BCUT2D eigenvalue weighted by Crippen LogP contribution is 2.36. The second-order valence-electron chi connectivity index (χ2n) is 6.45. The highest BCUT2D eigenvalue weighted by atomic mass is 14.7. The number of hydrogen-bond donors (Lipinski definition) is 2. The molecule has 3 aromatic carbocycles. The Bertz CT molecular complexity index is 1120. The zero-order valence-electron chi connectivity index (χ0n) is 13.7. The Balaban J connectivity index is 1.77. The first kappa shape index (κ1) is 14.1. The summed E-state index contributed by atoms with van der Waals surface area (Å²) in [5.41, 5.74) is 6.16. The van der Waals surface area contributed by atoms with Crippen LogP contribution >= 0.6 is 0 Å². The summed E-state index contributed by atoms with van der Waals surface area (Å²) in [4.78, 5) is 7.06. The first-order chi connectivity index (χ1) is 12.4. The lowest BCUT2D eigenvalue weighted by Gasteiger charge is -2.16. The predicted octanol–water partition coefficient (Wildman–Crippen LogP) is 5.83. The zero-order valence-corrected chi connectivity index (χ0v) is 13.7. The molecular weight excluding hydrogens is 304 g/mol. The average Bonchev–Trinajstić information content (AvgIpc) is 3.28. The van der Waals surface area contributed by atoms with Gasteiger partial charge in [-0.3, -0.25) is 0 Å². The molecule has 0 bridgehead atoms. The summed E-state index contributed by atoms with van der Waals surface area (Å²) in [7, 11) is 0. The van der Waals surface area contributed by atoms with E-state index < -0.39 is 0 Å². The van der Waals surface area contributed by atoms with Crippen molar-refractivity contribution in [3.05, 3.63) is 108 Å². The smallest absolute Gasteiger partial charge is 0.0512 e. The number of rotatable bonds is 3. The van der Waals surface area contributed by atoms with Crippen LogP contribution in [0.4, 0.5) is 0 Å². The van der Waals surface area contributed by atoms with Crippen molar-refractivity contribution in [2.75, 3.05) is 0 Å². The van der Waals surface area contributed by atoms with Gasteiger partial charge in [0, 0.05) is 28.3 Å². The highest BCUT2D eigenvalue weighted by Gasteiger charge is 2.21. The van der Waals surface area contributed by atoms with Crippen molar-refractivity contribution < 1.29 is 0 Å². The van der Waals surface area contributed by atoms with Crippen LogP contribution in [0.25, 0.3) is 21.8 Å². The lowest BCUT2D eigenvalue weighted by Crippen LogP contribution is -2.03. The van der Waals surface area contributed by atoms with E-state index >= 15 is 0 Å². The molecule has 0 saturated carbocycles. The maximum Gasteiger partial charge on any atom is 0.0512 e. The third kappa shape index (κ3) is 2.34. The van der Waals surface area contributed by atoms with Gasteiger partial charge in [-0.15, -0.1) is 0 Å². The monoisotopic (exact) mass is 322 g/mol. The van der Waals surface area contributed by atoms with Crippen LogP contribution in [-0.4, -0.2) is 9.97 Å². The van der Waals surface area contributed by atoms with Crippen molar-refractivity contribution in [2.24, 2.45) is 0 Å². The van der Waals surface area contributed by atoms with Crippen molar-refractivity contribution in [1.29, 1.82) is 0 Å². The van der Waals surface area contributed by atoms with E-state index in [4.69, 9.17) is 0 Å². The molecule has 5 aromatic rings. The van der Waals surface area contributed by atoms with Gasteiger partial charge in [0.15, 0.2) is 0 Å². The van der Waals surface area contributed by atoms with Crippen LogP contribution in [0, 0.1) is 0 Å². The Morgan fingerprint density at radius 3 is 2.24 bits per heavy atom. The van der Waals surface area contributed by atoms with Gasteiger partial charge in [-0.1, -0.05) is 66.7 Å². The number of H-pyrrole nitrogens is 2.